The van der Waals surface area contributed by atoms with Crippen molar-refractivity contribution in [3.05, 3.63) is 65.2 Å². The normalized spacial score (nSPS) is 10.1. The van der Waals surface area contributed by atoms with Crippen LogP contribution in [-0.2, 0) is 11.3 Å². The average molecular weight is 298 g/mol. The smallest absolute Gasteiger partial charge is 0.338 e. The fourth-order valence-corrected chi connectivity index (χ4v) is 1.97. The lowest BCUT2D eigenvalue weighted by atomic mass is 10.1. The number of hydrogen-bond donors (Lipinski definition) is 0. The van der Waals surface area contributed by atoms with Crippen molar-refractivity contribution in [2.75, 3.05) is 6.61 Å². The molecule has 0 saturated heterocycles. The van der Waals surface area contributed by atoms with Gasteiger partial charge in [-0.05, 0) is 43.7 Å². The second-order valence-electron chi connectivity index (χ2n) is 4.79. The van der Waals surface area contributed by atoms with Crippen LogP contribution in [0.5, 0.6) is 5.75 Å². The molecule has 22 heavy (non-hydrogen) atoms. The molecule has 0 atom stereocenters. The lowest BCUT2D eigenvalue weighted by Crippen LogP contribution is -2.05. The molecule has 0 aromatic heterocycles. The van der Waals surface area contributed by atoms with Crippen LogP contribution in [0, 0.1) is 0 Å². The molecule has 114 valence electrons. The highest BCUT2D eigenvalue weighted by molar-refractivity contribution is 5.94. The number of hydrogen-bond acceptors (Lipinski definition) is 4. The van der Waals surface area contributed by atoms with E-state index in [1.54, 1.807) is 49.4 Å². The summed E-state index contributed by atoms with van der Waals surface area (Å²) >= 11 is 0. The summed E-state index contributed by atoms with van der Waals surface area (Å²) in [4.78, 5) is 23.0. The molecule has 0 aliphatic rings. The van der Waals surface area contributed by atoms with E-state index in [-0.39, 0.29) is 11.8 Å². The number of rotatable bonds is 6. The fraction of sp³-hybridized carbons (Fsp3) is 0.222. The maximum Gasteiger partial charge on any atom is 0.338 e. The zero-order chi connectivity index (χ0) is 15.9. The van der Waals surface area contributed by atoms with Gasteiger partial charge in [0.1, 0.15) is 12.4 Å². The molecule has 0 unspecified atom stereocenters. The monoisotopic (exact) mass is 298 g/mol. The predicted octanol–water partition coefficient (Wildman–Crippen LogP) is 3.64. The fourth-order valence-electron chi connectivity index (χ4n) is 1.97. The predicted molar refractivity (Wildman–Crippen MR) is 83.2 cm³/mol. The minimum Gasteiger partial charge on any atom is -0.489 e. The summed E-state index contributed by atoms with van der Waals surface area (Å²) in [7, 11) is 0. The third kappa shape index (κ3) is 4.19. The summed E-state index contributed by atoms with van der Waals surface area (Å²) in [6, 6.07) is 14.1. The highest BCUT2D eigenvalue weighted by atomic mass is 16.5. The van der Waals surface area contributed by atoms with Gasteiger partial charge in [-0.2, -0.15) is 0 Å². The van der Waals surface area contributed by atoms with Crippen molar-refractivity contribution in [1.82, 2.24) is 0 Å². The number of esters is 1. The second kappa shape index (κ2) is 7.41. The maximum absolute atomic E-state index is 11.7. The Kier molecular flexibility index (Phi) is 5.31. The molecule has 0 bridgehead atoms. The van der Waals surface area contributed by atoms with Gasteiger partial charge in [0.2, 0.25) is 0 Å². The Labute approximate surface area is 129 Å². The minimum atomic E-state index is -0.345. The van der Waals surface area contributed by atoms with E-state index < -0.39 is 0 Å². The van der Waals surface area contributed by atoms with E-state index >= 15 is 0 Å². The van der Waals surface area contributed by atoms with Crippen molar-refractivity contribution in [3.8, 4) is 5.75 Å². The van der Waals surface area contributed by atoms with Crippen LogP contribution in [0.1, 0.15) is 40.1 Å². The lowest BCUT2D eigenvalue weighted by molar-refractivity contribution is 0.0526. The molecule has 0 heterocycles. The Morgan fingerprint density at radius 2 is 1.73 bits per heavy atom. The summed E-state index contributed by atoms with van der Waals surface area (Å²) in [5.41, 5.74) is 1.97. The van der Waals surface area contributed by atoms with E-state index in [0.717, 1.165) is 5.56 Å². The standard InChI is InChI=1S/C18H18O4/c1-3-21-18(20)16-8-4-6-14(10-16)12-22-17-9-5-7-15(11-17)13(2)19/h4-11H,3,12H2,1-2H3. The Balaban J connectivity index is 2.05. The molecule has 2 rings (SSSR count). The summed E-state index contributed by atoms with van der Waals surface area (Å²) in [5, 5.41) is 0. The molecule has 0 N–H and O–H groups in total. The van der Waals surface area contributed by atoms with Crippen molar-refractivity contribution in [2.45, 2.75) is 20.5 Å². The SMILES string of the molecule is CCOC(=O)c1cccc(COc2cccc(C(C)=O)c2)c1. The summed E-state index contributed by atoms with van der Waals surface area (Å²) in [5.74, 6) is 0.270. The van der Waals surface area contributed by atoms with Gasteiger partial charge in [0.25, 0.3) is 0 Å². The van der Waals surface area contributed by atoms with E-state index in [1.165, 1.54) is 6.92 Å². The minimum absolute atomic E-state index is 0.00485. The Bertz CT molecular complexity index is 676. The van der Waals surface area contributed by atoms with E-state index in [1.807, 2.05) is 6.07 Å². The molecule has 0 fully saturated rings. The van der Waals surface area contributed by atoms with Crippen LogP contribution in [-0.4, -0.2) is 18.4 Å². The first-order valence-corrected chi connectivity index (χ1v) is 7.10. The van der Waals surface area contributed by atoms with E-state index in [2.05, 4.69) is 0 Å². The summed E-state index contributed by atoms with van der Waals surface area (Å²) < 4.78 is 10.6. The molecular weight excluding hydrogens is 280 g/mol. The maximum atomic E-state index is 11.7. The topological polar surface area (TPSA) is 52.6 Å². The third-order valence-corrected chi connectivity index (χ3v) is 3.08. The van der Waals surface area contributed by atoms with Crippen LogP contribution in [0.4, 0.5) is 0 Å². The Hall–Kier alpha value is -2.62. The van der Waals surface area contributed by atoms with Crippen molar-refractivity contribution in [1.29, 1.82) is 0 Å². The molecular formula is C18H18O4. The largest absolute Gasteiger partial charge is 0.489 e. The van der Waals surface area contributed by atoms with Gasteiger partial charge in [0.15, 0.2) is 5.78 Å². The third-order valence-electron chi connectivity index (χ3n) is 3.08. The Morgan fingerprint density at radius 1 is 1.00 bits per heavy atom. The molecule has 4 heteroatoms. The molecule has 0 saturated carbocycles. The summed E-state index contributed by atoms with van der Waals surface area (Å²) in [6.07, 6.45) is 0. The van der Waals surface area contributed by atoms with Gasteiger partial charge in [0.05, 0.1) is 12.2 Å². The van der Waals surface area contributed by atoms with Gasteiger partial charge in [-0.1, -0.05) is 24.3 Å². The van der Waals surface area contributed by atoms with Crippen LogP contribution in [0.2, 0.25) is 0 Å². The van der Waals surface area contributed by atoms with E-state index in [9.17, 15) is 9.59 Å². The number of carbonyl (C=O) groups is 2. The van der Waals surface area contributed by atoms with Crippen molar-refractivity contribution in [2.24, 2.45) is 0 Å². The van der Waals surface area contributed by atoms with Crippen LogP contribution < -0.4 is 4.74 Å². The van der Waals surface area contributed by atoms with Crippen molar-refractivity contribution >= 4 is 11.8 Å². The summed E-state index contributed by atoms with van der Waals surface area (Å²) in [6.45, 7) is 3.95. The quantitative estimate of drug-likeness (QED) is 0.603. The lowest BCUT2D eigenvalue weighted by Gasteiger charge is -2.08. The number of ether oxygens (including phenoxy) is 2. The number of carbonyl (C=O) groups excluding carboxylic acids is 2. The number of benzene rings is 2. The number of Topliss-reactive ketones (excluding diaryl/α,β-unsaturated/α-hetero) is 1. The first-order valence-electron chi connectivity index (χ1n) is 7.10. The average Bonchev–Trinajstić information content (AvgIpc) is 2.54. The van der Waals surface area contributed by atoms with Crippen molar-refractivity contribution in [3.63, 3.8) is 0 Å². The van der Waals surface area contributed by atoms with Crippen LogP contribution in [0.3, 0.4) is 0 Å². The molecule has 0 radical (unpaired) electrons. The van der Waals surface area contributed by atoms with Gasteiger partial charge in [-0.3, -0.25) is 4.79 Å². The highest BCUT2D eigenvalue weighted by Crippen LogP contribution is 2.16. The van der Waals surface area contributed by atoms with Gasteiger partial charge in [-0.15, -0.1) is 0 Å². The molecule has 2 aromatic rings. The van der Waals surface area contributed by atoms with E-state index in [0.29, 0.717) is 30.1 Å². The molecule has 0 aliphatic carbocycles. The van der Waals surface area contributed by atoms with Crippen molar-refractivity contribution < 1.29 is 19.1 Å². The zero-order valence-corrected chi connectivity index (χ0v) is 12.7. The molecule has 0 amide bonds. The van der Waals surface area contributed by atoms with Gasteiger partial charge in [-0.25, -0.2) is 4.79 Å². The Morgan fingerprint density at radius 3 is 2.45 bits per heavy atom. The second-order valence-corrected chi connectivity index (χ2v) is 4.79. The van der Waals surface area contributed by atoms with Crippen LogP contribution in [0.25, 0.3) is 0 Å². The van der Waals surface area contributed by atoms with Crippen LogP contribution >= 0.6 is 0 Å². The zero-order valence-electron chi connectivity index (χ0n) is 12.7. The molecule has 0 spiro atoms. The van der Waals surface area contributed by atoms with Crippen LogP contribution in [0.15, 0.2) is 48.5 Å². The molecule has 2 aromatic carbocycles. The molecule has 0 aliphatic heterocycles. The van der Waals surface area contributed by atoms with Gasteiger partial charge < -0.3 is 9.47 Å². The van der Waals surface area contributed by atoms with Gasteiger partial charge >= 0.3 is 5.97 Å². The highest BCUT2D eigenvalue weighted by Gasteiger charge is 2.07. The van der Waals surface area contributed by atoms with E-state index in [4.69, 9.17) is 9.47 Å². The number of ketones is 1. The van der Waals surface area contributed by atoms with Gasteiger partial charge in [0, 0.05) is 5.56 Å². The molecule has 4 nitrogen and oxygen atoms in total. The first kappa shape index (κ1) is 15.8. The first-order chi connectivity index (χ1) is 10.6.